The SMILES string of the molecule is COc1cc(CO)cc(Cl)c1OCC(F)F. The first kappa shape index (κ1) is 13.0. The van der Waals surface area contributed by atoms with Gasteiger partial charge in [0, 0.05) is 0 Å². The van der Waals surface area contributed by atoms with Gasteiger partial charge in [-0.15, -0.1) is 0 Å². The minimum absolute atomic E-state index is 0.0571. The quantitative estimate of drug-likeness (QED) is 0.875. The summed E-state index contributed by atoms with van der Waals surface area (Å²) in [4.78, 5) is 0. The lowest BCUT2D eigenvalue weighted by Gasteiger charge is -2.13. The molecule has 0 spiro atoms. The first-order valence-electron chi connectivity index (χ1n) is 4.46. The number of alkyl halides is 2. The van der Waals surface area contributed by atoms with Crippen LogP contribution in [0.1, 0.15) is 5.56 Å². The van der Waals surface area contributed by atoms with E-state index in [2.05, 4.69) is 0 Å². The van der Waals surface area contributed by atoms with Crippen molar-refractivity contribution in [2.75, 3.05) is 13.7 Å². The Kier molecular flexibility index (Phi) is 4.76. The van der Waals surface area contributed by atoms with Gasteiger partial charge in [0.25, 0.3) is 6.43 Å². The number of aliphatic hydroxyl groups excluding tert-OH is 1. The maximum atomic E-state index is 12.0. The number of hydrogen-bond donors (Lipinski definition) is 1. The summed E-state index contributed by atoms with van der Waals surface area (Å²) in [6, 6.07) is 2.91. The zero-order chi connectivity index (χ0) is 12.1. The van der Waals surface area contributed by atoms with Gasteiger partial charge in [0.1, 0.15) is 6.61 Å². The lowest BCUT2D eigenvalue weighted by atomic mass is 10.2. The average Bonchev–Trinajstić information content (AvgIpc) is 2.26. The van der Waals surface area contributed by atoms with Gasteiger partial charge < -0.3 is 14.6 Å². The van der Waals surface area contributed by atoms with E-state index >= 15 is 0 Å². The molecule has 0 unspecified atom stereocenters. The van der Waals surface area contributed by atoms with Crippen LogP contribution in [0.15, 0.2) is 12.1 Å². The van der Waals surface area contributed by atoms with Crippen LogP contribution in [0.3, 0.4) is 0 Å². The molecule has 0 aliphatic rings. The first-order valence-corrected chi connectivity index (χ1v) is 4.84. The smallest absolute Gasteiger partial charge is 0.272 e. The van der Waals surface area contributed by atoms with Crippen LogP contribution < -0.4 is 9.47 Å². The summed E-state index contributed by atoms with van der Waals surface area (Å²) in [5.74, 6) is 0.277. The maximum absolute atomic E-state index is 12.0. The van der Waals surface area contributed by atoms with E-state index in [9.17, 15) is 8.78 Å². The molecule has 0 radical (unpaired) electrons. The van der Waals surface area contributed by atoms with E-state index in [0.29, 0.717) is 5.56 Å². The summed E-state index contributed by atoms with van der Waals surface area (Å²) in [6.07, 6.45) is -2.58. The van der Waals surface area contributed by atoms with Crippen LogP contribution in [0.25, 0.3) is 0 Å². The first-order chi connectivity index (χ1) is 7.58. The second-order valence-corrected chi connectivity index (χ2v) is 3.38. The Hall–Kier alpha value is -1.07. The molecule has 90 valence electrons. The van der Waals surface area contributed by atoms with E-state index in [0.717, 1.165) is 0 Å². The van der Waals surface area contributed by atoms with Crippen molar-refractivity contribution in [3.05, 3.63) is 22.7 Å². The van der Waals surface area contributed by atoms with E-state index in [1.807, 2.05) is 0 Å². The Balaban J connectivity index is 2.97. The molecule has 0 aliphatic heterocycles. The lowest BCUT2D eigenvalue weighted by Crippen LogP contribution is -2.08. The molecule has 0 saturated heterocycles. The van der Waals surface area contributed by atoms with Crippen LogP contribution in [0.2, 0.25) is 5.02 Å². The molecule has 0 heterocycles. The Morgan fingerprint density at radius 3 is 2.62 bits per heavy atom. The van der Waals surface area contributed by atoms with Gasteiger partial charge in [-0.2, -0.15) is 0 Å². The fourth-order valence-corrected chi connectivity index (χ4v) is 1.44. The van der Waals surface area contributed by atoms with Crippen LogP contribution in [0.5, 0.6) is 11.5 Å². The zero-order valence-electron chi connectivity index (χ0n) is 8.54. The van der Waals surface area contributed by atoms with Crippen LogP contribution in [0.4, 0.5) is 8.78 Å². The van der Waals surface area contributed by atoms with Gasteiger partial charge in [0.15, 0.2) is 11.5 Å². The van der Waals surface area contributed by atoms with Crippen LogP contribution in [-0.2, 0) is 6.61 Å². The molecule has 3 nitrogen and oxygen atoms in total. The molecule has 0 aromatic heterocycles. The molecule has 0 atom stereocenters. The minimum Gasteiger partial charge on any atom is -0.493 e. The summed E-state index contributed by atoms with van der Waals surface area (Å²) in [5, 5.41) is 9.04. The molecule has 0 fully saturated rings. The lowest BCUT2D eigenvalue weighted by molar-refractivity contribution is 0.0804. The van der Waals surface area contributed by atoms with Crippen LogP contribution >= 0.6 is 11.6 Å². The molecule has 6 heteroatoms. The highest BCUT2D eigenvalue weighted by atomic mass is 35.5. The van der Waals surface area contributed by atoms with Gasteiger partial charge in [0.2, 0.25) is 0 Å². The zero-order valence-corrected chi connectivity index (χ0v) is 9.30. The van der Waals surface area contributed by atoms with E-state index in [4.69, 9.17) is 26.2 Å². The molecule has 1 N–H and O–H groups in total. The number of benzene rings is 1. The fourth-order valence-electron chi connectivity index (χ4n) is 1.15. The van der Waals surface area contributed by atoms with E-state index in [-0.39, 0.29) is 23.1 Å². The van der Waals surface area contributed by atoms with Gasteiger partial charge in [-0.3, -0.25) is 0 Å². The summed E-state index contributed by atoms with van der Waals surface area (Å²) >= 11 is 5.81. The van der Waals surface area contributed by atoms with Crippen molar-refractivity contribution in [1.82, 2.24) is 0 Å². The molecular weight excluding hydrogens is 242 g/mol. The minimum atomic E-state index is -2.58. The molecule has 0 amide bonds. The number of methoxy groups -OCH3 is 1. The normalized spacial score (nSPS) is 10.6. The Labute approximate surface area is 96.5 Å². The molecular formula is C10H11ClF2O3. The molecule has 0 bridgehead atoms. The third kappa shape index (κ3) is 3.21. The third-order valence-corrected chi connectivity index (χ3v) is 2.11. The van der Waals surface area contributed by atoms with Crippen molar-refractivity contribution in [1.29, 1.82) is 0 Å². The topological polar surface area (TPSA) is 38.7 Å². The van der Waals surface area contributed by atoms with Crippen LogP contribution in [-0.4, -0.2) is 25.2 Å². The summed E-state index contributed by atoms with van der Waals surface area (Å²) in [5.41, 5.74) is 0.520. The monoisotopic (exact) mass is 252 g/mol. The van der Waals surface area contributed by atoms with Crippen molar-refractivity contribution >= 4 is 11.6 Å². The van der Waals surface area contributed by atoms with Crippen molar-refractivity contribution in [2.24, 2.45) is 0 Å². The molecule has 0 aliphatic carbocycles. The van der Waals surface area contributed by atoms with Gasteiger partial charge in [-0.25, -0.2) is 8.78 Å². The maximum Gasteiger partial charge on any atom is 0.272 e. The van der Waals surface area contributed by atoms with E-state index in [1.54, 1.807) is 0 Å². The van der Waals surface area contributed by atoms with Gasteiger partial charge >= 0.3 is 0 Å². The van der Waals surface area contributed by atoms with Crippen molar-refractivity contribution in [3.8, 4) is 11.5 Å². The number of ether oxygens (including phenoxy) is 2. The molecule has 1 aromatic carbocycles. The van der Waals surface area contributed by atoms with Crippen molar-refractivity contribution in [2.45, 2.75) is 13.0 Å². The van der Waals surface area contributed by atoms with Gasteiger partial charge in [-0.1, -0.05) is 11.6 Å². The summed E-state index contributed by atoms with van der Waals surface area (Å²) in [6.45, 7) is -0.972. The predicted molar refractivity (Wildman–Crippen MR) is 55.4 cm³/mol. The second kappa shape index (κ2) is 5.86. The Bertz CT molecular complexity index is 358. The largest absolute Gasteiger partial charge is 0.493 e. The van der Waals surface area contributed by atoms with Crippen LogP contribution in [0, 0.1) is 0 Å². The Morgan fingerprint density at radius 2 is 2.12 bits per heavy atom. The molecule has 0 saturated carbocycles. The molecule has 1 rings (SSSR count). The highest BCUT2D eigenvalue weighted by Crippen LogP contribution is 2.36. The van der Waals surface area contributed by atoms with E-state index < -0.39 is 13.0 Å². The third-order valence-electron chi connectivity index (χ3n) is 1.83. The van der Waals surface area contributed by atoms with Crippen molar-refractivity contribution in [3.63, 3.8) is 0 Å². The highest BCUT2D eigenvalue weighted by molar-refractivity contribution is 6.32. The highest BCUT2D eigenvalue weighted by Gasteiger charge is 2.13. The standard InChI is InChI=1S/C10H11ClF2O3/c1-15-8-3-6(4-14)2-7(11)10(8)16-5-9(12)13/h2-3,9,14H,4-5H2,1H3. The van der Waals surface area contributed by atoms with Gasteiger partial charge in [0.05, 0.1) is 18.7 Å². The van der Waals surface area contributed by atoms with Gasteiger partial charge in [-0.05, 0) is 17.7 Å². The van der Waals surface area contributed by atoms with Crippen molar-refractivity contribution < 1.29 is 23.4 Å². The second-order valence-electron chi connectivity index (χ2n) is 2.97. The number of aliphatic hydroxyl groups is 1. The number of halogens is 3. The molecule has 1 aromatic rings. The molecule has 16 heavy (non-hydrogen) atoms. The number of rotatable bonds is 5. The summed E-state index contributed by atoms with van der Waals surface area (Å²) in [7, 11) is 1.36. The van der Waals surface area contributed by atoms with E-state index in [1.165, 1.54) is 19.2 Å². The summed E-state index contributed by atoms with van der Waals surface area (Å²) < 4.78 is 33.7. The average molecular weight is 253 g/mol. The number of hydrogen-bond acceptors (Lipinski definition) is 3. The fraction of sp³-hybridized carbons (Fsp3) is 0.400. The predicted octanol–water partition coefficient (Wildman–Crippen LogP) is 2.48. The Morgan fingerprint density at radius 1 is 1.44 bits per heavy atom.